The van der Waals surface area contributed by atoms with Gasteiger partial charge in [0.05, 0.1) is 40.2 Å². The molecule has 0 unspecified atom stereocenters. The van der Waals surface area contributed by atoms with Crippen molar-refractivity contribution in [2.45, 2.75) is 19.3 Å². The number of rotatable bonds is 6. The van der Waals surface area contributed by atoms with Crippen molar-refractivity contribution >= 4 is 0 Å². The zero-order chi connectivity index (χ0) is 22.1. The van der Waals surface area contributed by atoms with E-state index in [9.17, 15) is 0 Å². The number of benzene rings is 2. The van der Waals surface area contributed by atoms with Crippen molar-refractivity contribution < 1.29 is 23.5 Å². The summed E-state index contributed by atoms with van der Waals surface area (Å²) < 4.78 is 29.3. The highest BCUT2D eigenvalue weighted by Gasteiger charge is 2.24. The Kier molecular flexibility index (Phi) is 5.24. The predicted molar refractivity (Wildman–Crippen MR) is 115 cm³/mol. The first-order valence-electron chi connectivity index (χ1n) is 10.1. The van der Waals surface area contributed by atoms with Gasteiger partial charge in [0.2, 0.25) is 5.82 Å². The molecule has 0 fully saturated rings. The zero-order valence-electron chi connectivity index (χ0n) is 17.9. The molecule has 5 rings (SSSR count). The summed E-state index contributed by atoms with van der Waals surface area (Å²) in [6.07, 6.45) is -0.0915. The first kappa shape index (κ1) is 20.1. The summed E-state index contributed by atoms with van der Waals surface area (Å²) in [5.74, 6) is 2.83. The van der Waals surface area contributed by atoms with Crippen molar-refractivity contribution in [2.75, 3.05) is 21.3 Å². The fourth-order valence-corrected chi connectivity index (χ4v) is 3.67. The van der Waals surface area contributed by atoms with E-state index in [1.54, 1.807) is 33.5 Å². The van der Waals surface area contributed by atoms with Crippen molar-refractivity contribution in [1.82, 2.24) is 19.9 Å². The van der Waals surface area contributed by atoms with Crippen LogP contribution in [0.5, 0.6) is 17.2 Å². The topological polar surface area (TPSA) is 93.7 Å². The summed E-state index contributed by atoms with van der Waals surface area (Å²) >= 11 is 0. The maximum Gasteiger partial charge on any atom is 0.278 e. The number of hydrogen-bond acceptors (Lipinski definition) is 8. The van der Waals surface area contributed by atoms with Crippen LogP contribution in [0.15, 0.2) is 53.1 Å². The van der Waals surface area contributed by atoms with Crippen LogP contribution in [-0.4, -0.2) is 41.3 Å². The maximum absolute atomic E-state index is 6.04. The van der Waals surface area contributed by atoms with E-state index < -0.39 is 0 Å². The molecule has 2 aromatic carbocycles. The average Bonchev–Trinajstić information content (AvgIpc) is 3.50. The fourth-order valence-electron chi connectivity index (χ4n) is 3.67. The van der Waals surface area contributed by atoms with E-state index in [4.69, 9.17) is 23.5 Å². The first-order chi connectivity index (χ1) is 15.7. The third-order valence-electron chi connectivity index (χ3n) is 5.41. The standard InChI is InChI=1S/C23H22N4O5/c1-28-17-7-4-14(5-8-17)21-12-27-16(13-31-21)11-18(25-27)23-24-22(26-32-23)15-6-9-19(29-2)20(10-15)30-3/h4-11,21H,12-13H2,1-3H3/t21-/m1/s1. The number of nitrogens with zero attached hydrogens (tertiary/aromatic N) is 4. The number of ether oxygens (including phenoxy) is 4. The number of aromatic nitrogens is 4. The van der Waals surface area contributed by atoms with E-state index in [0.29, 0.717) is 42.1 Å². The van der Waals surface area contributed by atoms with E-state index in [1.165, 1.54) is 0 Å². The second-order valence-electron chi connectivity index (χ2n) is 7.27. The van der Waals surface area contributed by atoms with Crippen LogP contribution in [0.25, 0.3) is 23.0 Å². The Morgan fingerprint density at radius 1 is 0.938 bits per heavy atom. The van der Waals surface area contributed by atoms with Crippen LogP contribution in [0, 0.1) is 0 Å². The molecule has 9 nitrogen and oxygen atoms in total. The smallest absolute Gasteiger partial charge is 0.278 e. The Hall–Kier alpha value is -3.85. The van der Waals surface area contributed by atoms with Gasteiger partial charge in [-0.2, -0.15) is 10.1 Å². The average molecular weight is 434 g/mol. The molecule has 0 spiro atoms. The molecule has 9 heteroatoms. The van der Waals surface area contributed by atoms with Crippen LogP contribution in [0.4, 0.5) is 0 Å². The quantitative estimate of drug-likeness (QED) is 0.451. The van der Waals surface area contributed by atoms with Crippen LogP contribution < -0.4 is 14.2 Å². The Labute approximate surface area is 184 Å². The largest absolute Gasteiger partial charge is 0.497 e. The third-order valence-corrected chi connectivity index (χ3v) is 5.41. The van der Waals surface area contributed by atoms with Crippen molar-refractivity contribution in [3.8, 4) is 40.2 Å². The van der Waals surface area contributed by atoms with Gasteiger partial charge in [0, 0.05) is 5.56 Å². The van der Waals surface area contributed by atoms with Gasteiger partial charge in [-0.25, -0.2) is 0 Å². The predicted octanol–water partition coefficient (Wildman–Crippen LogP) is 3.90. The molecular formula is C23H22N4O5. The minimum absolute atomic E-state index is 0.0915. The monoisotopic (exact) mass is 434 g/mol. The van der Waals surface area contributed by atoms with Gasteiger partial charge in [-0.3, -0.25) is 4.68 Å². The van der Waals surface area contributed by atoms with E-state index >= 15 is 0 Å². The van der Waals surface area contributed by atoms with Crippen LogP contribution in [0.2, 0.25) is 0 Å². The van der Waals surface area contributed by atoms with E-state index in [2.05, 4.69) is 15.2 Å². The molecule has 0 saturated heterocycles. The maximum atomic E-state index is 6.04. The number of methoxy groups -OCH3 is 3. The molecule has 32 heavy (non-hydrogen) atoms. The Morgan fingerprint density at radius 2 is 1.75 bits per heavy atom. The van der Waals surface area contributed by atoms with Crippen molar-refractivity contribution in [3.05, 3.63) is 59.8 Å². The van der Waals surface area contributed by atoms with Gasteiger partial charge in [-0.15, -0.1) is 0 Å². The van der Waals surface area contributed by atoms with Gasteiger partial charge < -0.3 is 23.5 Å². The minimum atomic E-state index is -0.0915. The SMILES string of the molecule is COc1ccc([C@H]2Cn3nc(-c4nc(-c5ccc(OC)c(OC)c5)no4)cc3CO2)cc1. The van der Waals surface area contributed by atoms with E-state index in [0.717, 1.165) is 22.6 Å². The number of hydrogen-bond donors (Lipinski definition) is 0. The molecule has 3 heterocycles. The molecule has 0 bridgehead atoms. The van der Waals surface area contributed by atoms with E-state index in [1.807, 2.05) is 41.1 Å². The first-order valence-corrected chi connectivity index (χ1v) is 10.1. The van der Waals surface area contributed by atoms with Crippen molar-refractivity contribution in [2.24, 2.45) is 0 Å². The van der Waals surface area contributed by atoms with Crippen LogP contribution >= 0.6 is 0 Å². The molecule has 1 aliphatic rings. The lowest BCUT2D eigenvalue weighted by molar-refractivity contribution is -0.00115. The number of fused-ring (bicyclic) bond motifs is 1. The van der Waals surface area contributed by atoms with Crippen LogP contribution in [-0.2, 0) is 17.9 Å². The van der Waals surface area contributed by atoms with Gasteiger partial charge in [-0.05, 0) is 42.0 Å². The summed E-state index contributed by atoms with van der Waals surface area (Å²) in [5.41, 5.74) is 3.39. The fraction of sp³-hybridized carbons (Fsp3) is 0.261. The third kappa shape index (κ3) is 3.67. The van der Waals surface area contributed by atoms with Crippen molar-refractivity contribution in [1.29, 1.82) is 0 Å². The Morgan fingerprint density at radius 3 is 2.50 bits per heavy atom. The molecule has 0 aliphatic carbocycles. The molecule has 1 aliphatic heterocycles. The zero-order valence-corrected chi connectivity index (χ0v) is 17.9. The van der Waals surface area contributed by atoms with Gasteiger partial charge in [0.1, 0.15) is 11.9 Å². The second kappa shape index (κ2) is 8.35. The lowest BCUT2D eigenvalue weighted by atomic mass is 10.1. The minimum Gasteiger partial charge on any atom is -0.497 e. The molecule has 2 aromatic heterocycles. The summed E-state index contributed by atoms with van der Waals surface area (Å²) in [6, 6.07) is 15.2. The molecule has 0 amide bonds. The van der Waals surface area contributed by atoms with Gasteiger partial charge in [0.15, 0.2) is 17.2 Å². The molecule has 0 N–H and O–H groups in total. The normalized spacial score (nSPS) is 15.3. The molecular weight excluding hydrogens is 412 g/mol. The molecule has 0 radical (unpaired) electrons. The van der Waals surface area contributed by atoms with Crippen molar-refractivity contribution in [3.63, 3.8) is 0 Å². The molecule has 4 aromatic rings. The summed E-state index contributed by atoms with van der Waals surface area (Å²) in [5, 5.41) is 8.77. The van der Waals surface area contributed by atoms with Gasteiger partial charge in [-0.1, -0.05) is 17.3 Å². The molecule has 0 saturated carbocycles. The molecule has 164 valence electrons. The van der Waals surface area contributed by atoms with E-state index in [-0.39, 0.29) is 6.10 Å². The highest BCUT2D eigenvalue weighted by Crippen LogP contribution is 2.33. The summed E-state index contributed by atoms with van der Waals surface area (Å²) in [6.45, 7) is 1.04. The van der Waals surface area contributed by atoms with Crippen LogP contribution in [0.1, 0.15) is 17.4 Å². The van der Waals surface area contributed by atoms with Crippen LogP contribution in [0.3, 0.4) is 0 Å². The van der Waals surface area contributed by atoms with Gasteiger partial charge >= 0.3 is 0 Å². The molecule has 1 atom stereocenters. The highest BCUT2D eigenvalue weighted by atomic mass is 16.5. The Balaban J connectivity index is 1.37. The van der Waals surface area contributed by atoms with Gasteiger partial charge in [0.25, 0.3) is 5.89 Å². The second-order valence-corrected chi connectivity index (χ2v) is 7.27. The Bertz CT molecular complexity index is 1230. The summed E-state index contributed by atoms with van der Waals surface area (Å²) in [4.78, 5) is 4.52. The lowest BCUT2D eigenvalue weighted by Crippen LogP contribution is -2.21. The summed E-state index contributed by atoms with van der Waals surface area (Å²) in [7, 11) is 4.82. The highest BCUT2D eigenvalue weighted by molar-refractivity contribution is 5.62. The lowest BCUT2D eigenvalue weighted by Gasteiger charge is -2.24.